The minimum absolute atomic E-state index is 0.295. The molecule has 0 unspecified atom stereocenters. The minimum atomic E-state index is 0.295. The molecule has 0 spiro atoms. The summed E-state index contributed by atoms with van der Waals surface area (Å²) in [6, 6.07) is 0. The van der Waals surface area contributed by atoms with Crippen molar-refractivity contribution >= 4 is 5.82 Å². The quantitative estimate of drug-likeness (QED) is 0.759. The number of hydrogen-bond donors (Lipinski definition) is 1. The Labute approximate surface area is 89.0 Å². The lowest BCUT2D eigenvalue weighted by Crippen LogP contribution is -2.49. The summed E-state index contributed by atoms with van der Waals surface area (Å²) in [5.41, 5.74) is 2.57. The molecule has 1 aliphatic carbocycles. The number of anilines is 1. The molecule has 1 saturated heterocycles. The Hall–Kier alpha value is -1.16. The van der Waals surface area contributed by atoms with Crippen molar-refractivity contribution in [1.82, 2.24) is 9.97 Å². The van der Waals surface area contributed by atoms with Gasteiger partial charge in [-0.15, -0.1) is 0 Å². The van der Waals surface area contributed by atoms with Crippen molar-refractivity contribution in [3.8, 4) is 0 Å². The molecule has 0 radical (unpaired) electrons. The molecule has 2 heterocycles. The molecule has 1 aliphatic heterocycles. The van der Waals surface area contributed by atoms with E-state index in [1.807, 2.05) is 0 Å². The second-order valence-corrected chi connectivity index (χ2v) is 4.43. The van der Waals surface area contributed by atoms with Crippen LogP contribution in [-0.2, 0) is 12.8 Å². The van der Waals surface area contributed by atoms with Crippen LogP contribution in [0.3, 0.4) is 0 Å². The molecular weight excluding hydrogens is 190 g/mol. The minimum Gasteiger partial charge on any atom is -0.396 e. The molecule has 4 nitrogen and oxygen atoms in total. The molecule has 1 aromatic rings. The predicted molar refractivity (Wildman–Crippen MR) is 56.8 cm³/mol. The summed E-state index contributed by atoms with van der Waals surface area (Å²) in [4.78, 5) is 10.9. The normalized spacial score (nSPS) is 20.2. The highest BCUT2D eigenvalue weighted by atomic mass is 16.3. The van der Waals surface area contributed by atoms with Crippen LogP contribution in [0.2, 0.25) is 0 Å². The van der Waals surface area contributed by atoms with E-state index in [-0.39, 0.29) is 0 Å². The molecule has 0 amide bonds. The summed E-state index contributed by atoms with van der Waals surface area (Å²) in [7, 11) is 0. The van der Waals surface area contributed by atoms with Crippen molar-refractivity contribution in [1.29, 1.82) is 0 Å². The molecule has 0 saturated carbocycles. The van der Waals surface area contributed by atoms with E-state index in [1.54, 1.807) is 6.33 Å². The number of nitrogens with zero attached hydrogens (tertiary/aromatic N) is 3. The van der Waals surface area contributed by atoms with Crippen molar-refractivity contribution in [2.75, 3.05) is 24.6 Å². The SMILES string of the molecule is OCC1CN(c2ncnc3c2CCC3)C1. The van der Waals surface area contributed by atoms with E-state index in [0.717, 1.165) is 31.7 Å². The van der Waals surface area contributed by atoms with Crippen molar-refractivity contribution in [3.05, 3.63) is 17.6 Å². The van der Waals surface area contributed by atoms with E-state index in [1.165, 1.54) is 17.7 Å². The van der Waals surface area contributed by atoms with Crippen LogP contribution < -0.4 is 4.90 Å². The third-order valence-electron chi connectivity index (χ3n) is 3.37. The van der Waals surface area contributed by atoms with Gasteiger partial charge in [0.2, 0.25) is 0 Å². The highest BCUT2D eigenvalue weighted by Gasteiger charge is 2.30. The van der Waals surface area contributed by atoms with Crippen LogP contribution in [0.5, 0.6) is 0 Å². The Morgan fingerprint density at radius 2 is 2.20 bits per heavy atom. The molecule has 0 atom stereocenters. The molecule has 3 rings (SSSR count). The van der Waals surface area contributed by atoms with Crippen molar-refractivity contribution in [2.24, 2.45) is 5.92 Å². The lowest BCUT2D eigenvalue weighted by Gasteiger charge is -2.40. The highest BCUT2D eigenvalue weighted by molar-refractivity contribution is 5.52. The zero-order valence-corrected chi connectivity index (χ0v) is 8.69. The largest absolute Gasteiger partial charge is 0.396 e. The average molecular weight is 205 g/mol. The maximum absolute atomic E-state index is 8.98. The van der Waals surface area contributed by atoms with Gasteiger partial charge in [0, 0.05) is 36.9 Å². The number of aryl methyl sites for hydroxylation is 1. The molecule has 0 aromatic carbocycles. The molecule has 2 aliphatic rings. The molecule has 15 heavy (non-hydrogen) atoms. The number of aliphatic hydroxyl groups excluding tert-OH is 1. The third-order valence-corrected chi connectivity index (χ3v) is 3.37. The fourth-order valence-electron chi connectivity index (χ4n) is 2.47. The summed E-state index contributed by atoms with van der Waals surface area (Å²) < 4.78 is 0. The van der Waals surface area contributed by atoms with Crippen LogP contribution in [0.25, 0.3) is 0 Å². The summed E-state index contributed by atoms with van der Waals surface area (Å²) in [5.74, 6) is 1.55. The Morgan fingerprint density at radius 1 is 1.33 bits per heavy atom. The zero-order valence-electron chi connectivity index (χ0n) is 8.69. The molecule has 1 aromatic heterocycles. The fourth-order valence-corrected chi connectivity index (χ4v) is 2.47. The predicted octanol–water partition coefficient (Wildman–Crippen LogP) is 0.394. The Balaban J connectivity index is 1.84. The standard InChI is InChI=1S/C11H15N3O/c15-6-8-4-14(5-8)11-9-2-1-3-10(9)12-7-13-11/h7-8,15H,1-6H2. The van der Waals surface area contributed by atoms with Gasteiger partial charge in [-0.3, -0.25) is 0 Å². The van der Waals surface area contributed by atoms with E-state index >= 15 is 0 Å². The maximum atomic E-state index is 8.98. The topological polar surface area (TPSA) is 49.2 Å². The number of rotatable bonds is 2. The Morgan fingerprint density at radius 3 is 3.00 bits per heavy atom. The smallest absolute Gasteiger partial charge is 0.135 e. The van der Waals surface area contributed by atoms with Gasteiger partial charge in [0.25, 0.3) is 0 Å². The van der Waals surface area contributed by atoms with E-state index in [4.69, 9.17) is 5.11 Å². The lowest BCUT2D eigenvalue weighted by molar-refractivity contribution is 0.200. The summed E-state index contributed by atoms with van der Waals surface area (Å²) in [6.07, 6.45) is 5.10. The number of aliphatic hydroxyl groups is 1. The van der Waals surface area contributed by atoms with Gasteiger partial charge in [-0.25, -0.2) is 9.97 Å². The zero-order chi connectivity index (χ0) is 10.3. The molecule has 0 bridgehead atoms. The van der Waals surface area contributed by atoms with Crippen LogP contribution in [0, 0.1) is 5.92 Å². The van der Waals surface area contributed by atoms with Crippen LogP contribution in [0.4, 0.5) is 5.82 Å². The van der Waals surface area contributed by atoms with Crippen LogP contribution in [0.1, 0.15) is 17.7 Å². The number of hydrogen-bond acceptors (Lipinski definition) is 4. The van der Waals surface area contributed by atoms with Gasteiger partial charge in [0.15, 0.2) is 0 Å². The molecule has 80 valence electrons. The summed E-state index contributed by atoms with van der Waals surface area (Å²) in [6.45, 7) is 2.18. The van der Waals surface area contributed by atoms with E-state index in [2.05, 4.69) is 14.9 Å². The first-order valence-corrected chi connectivity index (χ1v) is 5.57. The molecular formula is C11H15N3O. The van der Waals surface area contributed by atoms with Crippen LogP contribution in [0.15, 0.2) is 6.33 Å². The van der Waals surface area contributed by atoms with E-state index < -0.39 is 0 Å². The van der Waals surface area contributed by atoms with Crippen LogP contribution >= 0.6 is 0 Å². The fraction of sp³-hybridized carbons (Fsp3) is 0.636. The summed E-state index contributed by atoms with van der Waals surface area (Å²) >= 11 is 0. The molecule has 1 N–H and O–H groups in total. The second kappa shape index (κ2) is 3.45. The third kappa shape index (κ3) is 1.40. The Bertz CT molecular complexity index is 374. The molecule has 1 fully saturated rings. The lowest BCUT2D eigenvalue weighted by atomic mass is 10.0. The van der Waals surface area contributed by atoms with Gasteiger partial charge < -0.3 is 10.0 Å². The van der Waals surface area contributed by atoms with E-state index in [0.29, 0.717) is 12.5 Å². The number of aromatic nitrogens is 2. The highest BCUT2D eigenvalue weighted by Crippen LogP contribution is 2.31. The van der Waals surface area contributed by atoms with Crippen LogP contribution in [-0.4, -0.2) is 34.8 Å². The Kier molecular flexibility index (Phi) is 2.09. The van der Waals surface area contributed by atoms with Crippen molar-refractivity contribution in [2.45, 2.75) is 19.3 Å². The van der Waals surface area contributed by atoms with Crippen molar-refractivity contribution in [3.63, 3.8) is 0 Å². The van der Waals surface area contributed by atoms with Crippen molar-refractivity contribution < 1.29 is 5.11 Å². The average Bonchev–Trinajstić information content (AvgIpc) is 2.64. The van der Waals surface area contributed by atoms with Gasteiger partial charge >= 0.3 is 0 Å². The van der Waals surface area contributed by atoms with Gasteiger partial charge in [0.1, 0.15) is 12.1 Å². The summed E-state index contributed by atoms with van der Waals surface area (Å²) in [5, 5.41) is 8.98. The number of fused-ring (bicyclic) bond motifs is 1. The monoisotopic (exact) mass is 205 g/mol. The first kappa shape index (κ1) is 9.09. The molecule has 4 heteroatoms. The first-order chi connectivity index (χ1) is 7.38. The second-order valence-electron chi connectivity index (χ2n) is 4.43. The maximum Gasteiger partial charge on any atom is 0.135 e. The first-order valence-electron chi connectivity index (χ1n) is 5.57. The van der Waals surface area contributed by atoms with Gasteiger partial charge in [-0.1, -0.05) is 0 Å². The van der Waals surface area contributed by atoms with Gasteiger partial charge in [-0.05, 0) is 19.3 Å². The van der Waals surface area contributed by atoms with Gasteiger partial charge in [0.05, 0.1) is 0 Å². The van der Waals surface area contributed by atoms with E-state index in [9.17, 15) is 0 Å². The van der Waals surface area contributed by atoms with Gasteiger partial charge in [-0.2, -0.15) is 0 Å².